The highest BCUT2D eigenvalue weighted by molar-refractivity contribution is 5.93. The van der Waals surface area contributed by atoms with Crippen LogP contribution in [0.4, 0.5) is 5.95 Å². The third-order valence-electron chi connectivity index (χ3n) is 3.92. The van der Waals surface area contributed by atoms with E-state index in [4.69, 9.17) is 0 Å². The van der Waals surface area contributed by atoms with Gasteiger partial charge in [0.2, 0.25) is 5.95 Å². The molecule has 0 atom stereocenters. The van der Waals surface area contributed by atoms with Crippen LogP contribution in [0.2, 0.25) is 0 Å². The first kappa shape index (κ1) is 15.7. The van der Waals surface area contributed by atoms with Crippen molar-refractivity contribution >= 4 is 11.9 Å². The summed E-state index contributed by atoms with van der Waals surface area (Å²) in [5.41, 5.74) is 0.525. The molecule has 21 heavy (non-hydrogen) atoms. The van der Waals surface area contributed by atoms with Crippen molar-refractivity contribution in [1.82, 2.24) is 15.3 Å². The highest BCUT2D eigenvalue weighted by atomic mass is 16.1. The van der Waals surface area contributed by atoms with Crippen LogP contribution in [0.5, 0.6) is 0 Å². The molecule has 0 unspecified atom stereocenters. The molecule has 0 aliphatic heterocycles. The van der Waals surface area contributed by atoms with Crippen molar-refractivity contribution in [1.29, 1.82) is 0 Å². The Labute approximate surface area is 127 Å². The molecule has 2 N–H and O–H groups in total. The van der Waals surface area contributed by atoms with Crippen molar-refractivity contribution < 1.29 is 4.79 Å². The summed E-state index contributed by atoms with van der Waals surface area (Å²) in [6.45, 7) is 2.81. The van der Waals surface area contributed by atoms with Gasteiger partial charge in [-0.1, -0.05) is 39.0 Å². The molecule has 1 aromatic rings. The molecule has 5 heteroatoms. The second-order valence-electron chi connectivity index (χ2n) is 5.74. The van der Waals surface area contributed by atoms with Gasteiger partial charge < -0.3 is 10.6 Å². The Morgan fingerprint density at radius 3 is 2.48 bits per heavy atom. The van der Waals surface area contributed by atoms with E-state index < -0.39 is 0 Å². The summed E-state index contributed by atoms with van der Waals surface area (Å²) < 4.78 is 0. The quantitative estimate of drug-likeness (QED) is 0.624. The topological polar surface area (TPSA) is 66.9 Å². The smallest absolute Gasteiger partial charge is 0.254 e. The SMILES string of the molecule is CCCCNC(=O)c1cnc(NC2CCCCCC2)nc1. The van der Waals surface area contributed by atoms with Gasteiger partial charge >= 0.3 is 0 Å². The third-order valence-corrected chi connectivity index (χ3v) is 3.92. The van der Waals surface area contributed by atoms with Gasteiger partial charge in [0.25, 0.3) is 5.91 Å². The standard InChI is InChI=1S/C16H26N4O/c1-2-3-10-17-15(21)13-11-18-16(19-12-13)20-14-8-6-4-5-7-9-14/h11-12,14H,2-10H2,1H3,(H,17,21)(H,18,19,20). The summed E-state index contributed by atoms with van der Waals surface area (Å²) >= 11 is 0. The fourth-order valence-corrected chi connectivity index (χ4v) is 2.61. The normalized spacial score (nSPS) is 16.2. The second-order valence-corrected chi connectivity index (χ2v) is 5.74. The lowest BCUT2D eigenvalue weighted by Crippen LogP contribution is -2.25. The predicted molar refractivity (Wildman–Crippen MR) is 84.4 cm³/mol. The fraction of sp³-hybridized carbons (Fsp3) is 0.688. The molecular weight excluding hydrogens is 264 g/mol. The van der Waals surface area contributed by atoms with E-state index in [1.165, 1.54) is 38.5 Å². The van der Waals surface area contributed by atoms with Crippen LogP contribution in [0, 0.1) is 0 Å². The number of unbranched alkanes of at least 4 members (excludes halogenated alkanes) is 1. The maximum Gasteiger partial charge on any atom is 0.254 e. The summed E-state index contributed by atoms with van der Waals surface area (Å²) in [4.78, 5) is 20.4. The summed E-state index contributed by atoms with van der Waals surface area (Å²) in [7, 11) is 0. The number of nitrogens with zero attached hydrogens (tertiary/aromatic N) is 2. The van der Waals surface area contributed by atoms with E-state index in [9.17, 15) is 4.79 Å². The lowest BCUT2D eigenvalue weighted by atomic mass is 10.1. The number of nitrogens with one attached hydrogen (secondary N) is 2. The first-order valence-corrected chi connectivity index (χ1v) is 8.16. The maximum atomic E-state index is 11.9. The lowest BCUT2D eigenvalue weighted by molar-refractivity contribution is 0.0952. The molecule has 2 rings (SSSR count). The highest BCUT2D eigenvalue weighted by Crippen LogP contribution is 2.19. The first-order chi connectivity index (χ1) is 10.3. The van der Waals surface area contributed by atoms with Crippen molar-refractivity contribution in [2.24, 2.45) is 0 Å². The van der Waals surface area contributed by atoms with E-state index >= 15 is 0 Å². The number of amides is 1. The van der Waals surface area contributed by atoms with E-state index in [1.807, 2.05) is 0 Å². The number of anilines is 1. The number of aromatic nitrogens is 2. The summed E-state index contributed by atoms with van der Waals surface area (Å²) in [6.07, 6.45) is 12.8. The van der Waals surface area contributed by atoms with Crippen molar-refractivity contribution in [2.45, 2.75) is 64.3 Å². The lowest BCUT2D eigenvalue weighted by Gasteiger charge is -2.15. The molecule has 1 amide bonds. The molecule has 0 radical (unpaired) electrons. The summed E-state index contributed by atoms with van der Waals surface area (Å²) in [5, 5.41) is 6.25. The second kappa shape index (κ2) is 8.60. The van der Waals surface area contributed by atoms with Gasteiger partial charge in [0.1, 0.15) is 0 Å². The minimum absolute atomic E-state index is 0.0931. The molecule has 1 saturated carbocycles. The van der Waals surface area contributed by atoms with Crippen molar-refractivity contribution in [3.05, 3.63) is 18.0 Å². The molecule has 1 aliphatic rings. The van der Waals surface area contributed by atoms with Crippen molar-refractivity contribution in [3.8, 4) is 0 Å². The first-order valence-electron chi connectivity index (χ1n) is 8.16. The molecule has 5 nitrogen and oxygen atoms in total. The number of hydrogen-bond acceptors (Lipinski definition) is 4. The van der Waals surface area contributed by atoms with Gasteiger partial charge in [-0.2, -0.15) is 0 Å². The number of carbonyl (C=O) groups excluding carboxylic acids is 1. The monoisotopic (exact) mass is 290 g/mol. The van der Waals surface area contributed by atoms with Gasteiger partial charge in [0.15, 0.2) is 0 Å². The zero-order chi connectivity index (χ0) is 14.9. The molecule has 1 aliphatic carbocycles. The average Bonchev–Trinajstić information content (AvgIpc) is 2.77. The van der Waals surface area contributed by atoms with Crippen molar-refractivity contribution in [3.63, 3.8) is 0 Å². The Kier molecular flexibility index (Phi) is 6.44. The fourth-order valence-electron chi connectivity index (χ4n) is 2.61. The van der Waals surface area contributed by atoms with Crippen LogP contribution < -0.4 is 10.6 Å². The van der Waals surface area contributed by atoms with Gasteiger partial charge in [0.05, 0.1) is 5.56 Å². The Bertz CT molecular complexity index is 424. The van der Waals surface area contributed by atoms with E-state index in [1.54, 1.807) is 12.4 Å². The Hall–Kier alpha value is -1.65. The van der Waals surface area contributed by atoms with Gasteiger partial charge in [0, 0.05) is 25.0 Å². The molecule has 0 bridgehead atoms. The molecular formula is C16H26N4O. The zero-order valence-corrected chi connectivity index (χ0v) is 12.9. The molecule has 1 fully saturated rings. The minimum atomic E-state index is -0.0931. The van der Waals surface area contributed by atoms with Gasteiger partial charge in [-0.05, 0) is 19.3 Å². The van der Waals surface area contributed by atoms with E-state index in [-0.39, 0.29) is 5.91 Å². The number of carbonyl (C=O) groups is 1. The van der Waals surface area contributed by atoms with Crippen molar-refractivity contribution in [2.75, 3.05) is 11.9 Å². The predicted octanol–water partition coefficient (Wildman–Crippen LogP) is 3.14. The third kappa shape index (κ3) is 5.33. The van der Waals surface area contributed by atoms with Crippen LogP contribution in [0.3, 0.4) is 0 Å². The number of hydrogen-bond donors (Lipinski definition) is 2. The Morgan fingerprint density at radius 1 is 1.19 bits per heavy atom. The van der Waals surface area contributed by atoms with Gasteiger partial charge in [-0.3, -0.25) is 4.79 Å². The average molecular weight is 290 g/mol. The van der Waals surface area contributed by atoms with Crippen LogP contribution in [-0.4, -0.2) is 28.5 Å². The van der Waals surface area contributed by atoms with E-state index in [2.05, 4.69) is 27.5 Å². The van der Waals surface area contributed by atoms with Crippen LogP contribution >= 0.6 is 0 Å². The molecule has 1 heterocycles. The van der Waals surface area contributed by atoms with Crippen LogP contribution in [0.15, 0.2) is 12.4 Å². The van der Waals surface area contributed by atoms with E-state index in [0.717, 1.165) is 12.8 Å². The zero-order valence-electron chi connectivity index (χ0n) is 12.9. The molecule has 116 valence electrons. The van der Waals surface area contributed by atoms with Gasteiger partial charge in [-0.25, -0.2) is 9.97 Å². The van der Waals surface area contributed by atoms with Crippen LogP contribution in [0.1, 0.15) is 68.6 Å². The molecule has 0 saturated heterocycles. The van der Waals surface area contributed by atoms with Gasteiger partial charge in [-0.15, -0.1) is 0 Å². The molecule has 1 aromatic heterocycles. The maximum absolute atomic E-state index is 11.9. The van der Waals surface area contributed by atoms with E-state index in [0.29, 0.717) is 24.1 Å². The molecule has 0 aromatic carbocycles. The number of rotatable bonds is 6. The highest BCUT2D eigenvalue weighted by Gasteiger charge is 2.13. The largest absolute Gasteiger partial charge is 0.352 e. The van der Waals surface area contributed by atoms with Crippen LogP contribution in [-0.2, 0) is 0 Å². The summed E-state index contributed by atoms with van der Waals surface area (Å²) in [6, 6.07) is 0.469. The summed E-state index contributed by atoms with van der Waals surface area (Å²) in [5.74, 6) is 0.538. The minimum Gasteiger partial charge on any atom is -0.352 e. The Balaban J connectivity index is 1.84. The Morgan fingerprint density at radius 2 is 1.86 bits per heavy atom. The van der Waals surface area contributed by atoms with Crippen LogP contribution in [0.25, 0.3) is 0 Å². The molecule has 0 spiro atoms.